The molecule has 1 unspecified atom stereocenters. The fourth-order valence-electron chi connectivity index (χ4n) is 5.33. The van der Waals surface area contributed by atoms with E-state index in [-0.39, 0.29) is 19.6 Å². The molecule has 2 aromatic carbocycles. The SMILES string of the molecule is O=C(O)CN1CCN(CC(=O)O)CCN(CC(O)CN(Cc2ccccc2)Cc2ccccc2)CCN(CC(=O)O)CC1. The summed E-state index contributed by atoms with van der Waals surface area (Å²) >= 11 is 0. The van der Waals surface area contributed by atoms with Gasteiger partial charge in [0.1, 0.15) is 0 Å². The predicted molar refractivity (Wildman–Crippen MR) is 162 cm³/mol. The zero-order valence-electron chi connectivity index (χ0n) is 24.7. The van der Waals surface area contributed by atoms with Crippen LogP contribution in [-0.4, -0.2) is 154 Å². The molecular weight excluding hydrogens is 554 g/mol. The second kappa shape index (κ2) is 18.3. The molecule has 4 N–H and O–H groups in total. The van der Waals surface area contributed by atoms with Gasteiger partial charge in [0.15, 0.2) is 0 Å². The number of benzene rings is 2. The zero-order valence-corrected chi connectivity index (χ0v) is 24.7. The van der Waals surface area contributed by atoms with E-state index in [1.54, 1.807) is 14.7 Å². The van der Waals surface area contributed by atoms with Crippen molar-refractivity contribution in [1.82, 2.24) is 24.5 Å². The maximum absolute atomic E-state index is 11.6. The van der Waals surface area contributed by atoms with E-state index in [0.717, 1.165) is 11.1 Å². The Balaban J connectivity index is 1.71. The number of aliphatic hydroxyl groups excluding tert-OH is 1. The molecular formula is C31H45N5O7. The van der Waals surface area contributed by atoms with Gasteiger partial charge < -0.3 is 20.4 Å². The third-order valence-electron chi connectivity index (χ3n) is 7.44. The molecule has 1 heterocycles. The number of carboxylic acid groups (broad SMARTS) is 3. The van der Waals surface area contributed by atoms with E-state index in [9.17, 15) is 34.8 Å². The quantitative estimate of drug-likeness (QED) is 0.240. The van der Waals surface area contributed by atoms with Crippen LogP contribution in [-0.2, 0) is 27.5 Å². The number of β-amino-alcohol motifs (C(OH)–C–C–N with tert-alkyl or cyclic N) is 1. The number of nitrogens with zero attached hydrogens (tertiary/aromatic N) is 5. The lowest BCUT2D eigenvalue weighted by Crippen LogP contribution is -2.50. The Labute approximate surface area is 253 Å². The monoisotopic (exact) mass is 599 g/mol. The van der Waals surface area contributed by atoms with Gasteiger partial charge in [-0.2, -0.15) is 0 Å². The minimum Gasteiger partial charge on any atom is -0.480 e. The first kappa shape index (κ1) is 34.1. The van der Waals surface area contributed by atoms with Crippen LogP contribution in [0.1, 0.15) is 11.1 Å². The first-order valence-corrected chi connectivity index (χ1v) is 14.7. The van der Waals surface area contributed by atoms with Crippen LogP contribution in [0.3, 0.4) is 0 Å². The Kier molecular flexibility index (Phi) is 14.5. The van der Waals surface area contributed by atoms with E-state index in [2.05, 4.69) is 34.1 Å². The molecule has 43 heavy (non-hydrogen) atoms. The van der Waals surface area contributed by atoms with E-state index in [4.69, 9.17) is 0 Å². The molecule has 1 fully saturated rings. The number of carbonyl (C=O) groups is 3. The summed E-state index contributed by atoms with van der Waals surface area (Å²) in [7, 11) is 0. The molecule has 236 valence electrons. The van der Waals surface area contributed by atoms with Gasteiger partial charge in [-0.25, -0.2) is 0 Å². The predicted octanol–water partition coefficient (Wildman–Crippen LogP) is 0.525. The van der Waals surface area contributed by atoms with Crippen molar-refractivity contribution in [1.29, 1.82) is 0 Å². The average Bonchev–Trinajstić information content (AvgIpc) is 2.94. The standard InChI is InChI=1S/C31H45N5O7/c37-28(22-36(19-26-7-3-1-4-8-26)20-27-9-5-2-6-10-27)21-32-11-13-33(23-29(38)39)15-17-35(25-31(42)43)18-16-34(14-12-32)24-30(40)41/h1-10,28,37H,11-25H2,(H,38,39)(H,40,41)(H,42,43). The van der Waals surface area contributed by atoms with Crippen LogP contribution >= 0.6 is 0 Å². The van der Waals surface area contributed by atoms with Gasteiger partial charge in [0.2, 0.25) is 0 Å². The van der Waals surface area contributed by atoms with Crippen molar-refractivity contribution in [2.45, 2.75) is 19.2 Å². The molecule has 0 amide bonds. The summed E-state index contributed by atoms with van der Waals surface area (Å²) in [5.74, 6) is -2.92. The second-order valence-electron chi connectivity index (χ2n) is 11.1. The minimum atomic E-state index is -0.990. The van der Waals surface area contributed by atoms with Gasteiger partial charge in [-0.05, 0) is 11.1 Å². The van der Waals surface area contributed by atoms with Crippen molar-refractivity contribution in [2.75, 3.05) is 85.1 Å². The van der Waals surface area contributed by atoms with E-state index in [0.29, 0.717) is 78.5 Å². The van der Waals surface area contributed by atoms with E-state index >= 15 is 0 Å². The second-order valence-corrected chi connectivity index (χ2v) is 11.1. The lowest BCUT2D eigenvalue weighted by Gasteiger charge is -2.34. The third-order valence-corrected chi connectivity index (χ3v) is 7.44. The summed E-state index contributed by atoms with van der Waals surface area (Å²) in [5, 5.41) is 39.6. The Bertz CT molecular complexity index is 1050. The first-order chi connectivity index (χ1) is 20.7. The van der Waals surface area contributed by atoms with Crippen molar-refractivity contribution in [3.05, 3.63) is 71.8 Å². The van der Waals surface area contributed by atoms with E-state index in [1.165, 1.54) is 0 Å². The van der Waals surface area contributed by atoms with Crippen molar-refractivity contribution in [3.8, 4) is 0 Å². The first-order valence-electron chi connectivity index (χ1n) is 14.7. The van der Waals surface area contributed by atoms with Crippen LogP contribution in [0, 0.1) is 0 Å². The highest BCUT2D eigenvalue weighted by Gasteiger charge is 2.22. The highest BCUT2D eigenvalue weighted by atomic mass is 16.4. The van der Waals surface area contributed by atoms with Gasteiger partial charge in [-0.3, -0.25) is 38.9 Å². The molecule has 3 rings (SSSR count). The lowest BCUT2D eigenvalue weighted by molar-refractivity contribution is -0.140. The summed E-state index contributed by atoms with van der Waals surface area (Å²) in [6.07, 6.45) is -0.702. The van der Waals surface area contributed by atoms with Gasteiger partial charge >= 0.3 is 17.9 Å². The normalized spacial score (nSPS) is 17.6. The molecule has 0 radical (unpaired) electrons. The molecule has 0 aliphatic carbocycles. The molecule has 0 aromatic heterocycles. The van der Waals surface area contributed by atoms with Crippen LogP contribution in [0.4, 0.5) is 0 Å². The number of rotatable bonds is 14. The Morgan fingerprint density at radius 3 is 1.23 bits per heavy atom. The van der Waals surface area contributed by atoms with E-state index < -0.39 is 24.0 Å². The number of aliphatic hydroxyl groups is 1. The van der Waals surface area contributed by atoms with E-state index in [1.807, 2.05) is 36.4 Å². The van der Waals surface area contributed by atoms with Crippen LogP contribution in [0.25, 0.3) is 0 Å². The van der Waals surface area contributed by atoms with Gasteiger partial charge in [0, 0.05) is 78.5 Å². The molecule has 1 aliphatic rings. The van der Waals surface area contributed by atoms with Gasteiger partial charge in [-0.15, -0.1) is 0 Å². The maximum atomic E-state index is 11.6. The molecule has 0 saturated carbocycles. The molecule has 1 atom stereocenters. The molecule has 12 heteroatoms. The number of hydrogen-bond donors (Lipinski definition) is 4. The van der Waals surface area contributed by atoms with Crippen LogP contribution < -0.4 is 0 Å². The van der Waals surface area contributed by atoms with Crippen molar-refractivity contribution >= 4 is 17.9 Å². The topological polar surface area (TPSA) is 148 Å². The summed E-state index contributed by atoms with van der Waals surface area (Å²) in [6.45, 7) is 4.71. The third kappa shape index (κ3) is 14.1. The molecule has 1 saturated heterocycles. The largest absolute Gasteiger partial charge is 0.480 e. The molecule has 12 nitrogen and oxygen atoms in total. The van der Waals surface area contributed by atoms with Gasteiger partial charge in [0.05, 0.1) is 25.7 Å². The fourth-order valence-corrected chi connectivity index (χ4v) is 5.33. The Morgan fingerprint density at radius 2 is 0.907 bits per heavy atom. The van der Waals surface area contributed by atoms with Gasteiger partial charge in [0.25, 0.3) is 0 Å². The van der Waals surface area contributed by atoms with Crippen LogP contribution in [0.2, 0.25) is 0 Å². The lowest BCUT2D eigenvalue weighted by atomic mass is 10.1. The summed E-state index contributed by atoms with van der Waals surface area (Å²) in [4.78, 5) is 44.1. The maximum Gasteiger partial charge on any atom is 0.317 e. The Hall–Kier alpha value is -3.39. The minimum absolute atomic E-state index is 0.176. The zero-order chi connectivity index (χ0) is 31.0. The van der Waals surface area contributed by atoms with Crippen molar-refractivity contribution in [3.63, 3.8) is 0 Å². The van der Waals surface area contributed by atoms with Crippen molar-refractivity contribution in [2.24, 2.45) is 0 Å². The highest BCUT2D eigenvalue weighted by molar-refractivity contribution is 5.69. The fraction of sp³-hybridized carbons (Fsp3) is 0.516. The molecule has 2 aromatic rings. The van der Waals surface area contributed by atoms with Crippen molar-refractivity contribution < 1.29 is 34.8 Å². The highest BCUT2D eigenvalue weighted by Crippen LogP contribution is 2.12. The average molecular weight is 600 g/mol. The Morgan fingerprint density at radius 1 is 0.581 bits per heavy atom. The van der Waals surface area contributed by atoms with Crippen LogP contribution in [0.5, 0.6) is 0 Å². The molecule has 1 aliphatic heterocycles. The van der Waals surface area contributed by atoms with Gasteiger partial charge in [-0.1, -0.05) is 60.7 Å². The van der Waals surface area contributed by atoms with Crippen LogP contribution in [0.15, 0.2) is 60.7 Å². The number of hydrogen-bond acceptors (Lipinski definition) is 9. The number of aliphatic carboxylic acids is 3. The molecule has 0 bridgehead atoms. The number of carboxylic acids is 3. The summed E-state index contributed by atoms with van der Waals surface area (Å²) in [5.41, 5.74) is 2.28. The molecule has 0 spiro atoms. The smallest absolute Gasteiger partial charge is 0.317 e. The summed E-state index contributed by atoms with van der Waals surface area (Å²) < 4.78 is 0. The summed E-state index contributed by atoms with van der Waals surface area (Å²) in [6, 6.07) is 20.2.